The molecule has 126 valence electrons. The van der Waals surface area contributed by atoms with E-state index in [-0.39, 0.29) is 22.9 Å². The van der Waals surface area contributed by atoms with Crippen molar-refractivity contribution < 1.29 is 5.11 Å². The number of hydrogen-bond donors (Lipinski definition) is 1. The van der Waals surface area contributed by atoms with Crippen LogP contribution in [0.3, 0.4) is 0 Å². The molecule has 0 heterocycles. The Balaban J connectivity index is 0.00000264. The van der Waals surface area contributed by atoms with Gasteiger partial charge in [0.15, 0.2) is 0 Å². The minimum atomic E-state index is -0.980. The van der Waals surface area contributed by atoms with E-state index in [1.165, 1.54) is 0 Å². The fraction of sp³-hybridized carbons (Fsp3) is 0.400. The number of benzene rings is 2. The third kappa shape index (κ3) is 4.43. The van der Waals surface area contributed by atoms with Crippen molar-refractivity contribution in [3.05, 3.63) is 71.8 Å². The molecule has 0 saturated carbocycles. The first kappa shape index (κ1) is 19.9. The third-order valence-corrected chi connectivity index (χ3v) is 4.58. The van der Waals surface area contributed by atoms with E-state index in [1.807, 2.05) is 60.7 Å². The van der Waals surface area contributed by atoms with Gasteiger partial charge in [-0.1, -0.05) is 67.6 Å². The molecule has 2 rings (SSSR count). The number of nitrogens with zero attached hydrogens (tertiary/aromatic N) is 1. The first-order valence-electron chi connectivity index (χ1n) is 8.00. The molecule has 23 heavy (non-hydrogen) atoms. The summed E-state index contributed by atoms with van der Waals surface area (Å²) < 4.78 is 0. The Morgan fingerprint density at radius 3 is 1.61 bits per heavy atom. The van der Waals surface area contributed by atoms with E-state index in [0.717, 1.165) is 17.7 Å². The lowest BCUT2D eigenvalue weighted by atomic mass is 9.76. The molecule has 0 aliphatic carbocycles. The zero-order valence-corrected chi connectivity index (χ0v) is 16.2. The predicted octanol–water partition coefficient (Wildman–Crippen LogP) is 4.48. The predicted molar refractivity (Wildman–Crippen MR) is 103 cm³/mol. The molecule has 2 aromatic carbocycles. The summed E-state index contributed by atoms with van der Waals surface area (Å²) in [4.78, 5) is 2.28. The van der Waals surface area contributed by atoms with Crippen LogP contribution in [0, 0.1) is 5.92 Å². The van der Waals surface area contributed by atoms with E-state index in [2.05, 4.69) is 32.7 Å². The van der Waals surface area contributed by atoms with Crippen LogP contribution in [0.5, 0.6) is 0 Å². The third-order valence-electron chi connectivity index (χ3n) is 4.58. The second kappa shape index (κ2) is 8.62. The molecule has 1 atom stereocenters. The molecule has 1 N–H and O–H groups in total. The minimum Gasteiger partial charge on any atom is -0.380 e. The summed E-state index contributed by atoms with van der Waals surface area (Å²) in [6.45, 7) is 7.31. The van der Waals surface area contributed by atoms with Crippen LogP contribution in [0.25, 0.3) is 0 Å². The Hall–Kier alpha value is -1.16. The Morgan fingerprint density at radius 2 is 1.26 bits per heavy atom. The van der Waals surface area contributed by atoms with E-state index in [1.54, 1.807) is 0 Å². The van der Waals surface area contributed by atoms with E-state index in [4.69, 9.17) is 0 Å². The van der Waals surface area contributed by atoms with Crippen molar-refractivity contribution in [2.45, 2.75) is 32.4 Å². The van der Waals surface area contributed by atoms with E-state index in [0.29, 0.717) is 6.04 Å². The monoisotopic (exact) mass is 377 g/mol. The standard InChI is InChI=1S/C20H27NO.BrH/c1-16(2)21(4)15-17(3)20(22,18-11-7-5-8-12-18)19-13-9-6-10-14-19;/h5-14,16-17,22H,15H2,1-4H3;1H. The number of halogens is 1. The lowest BCUT2D eigenvalue weighted by molar-refractivity contribution is 0.00722. The van der Waals surface area contributed by atoms with Crippen LogP contribution in [0.1, 0.15) is 31.9 Å². The maximum atomic E-state index is 11.6. The van der Waals surface area contributed by atoms with Crippen molar-refractivity contribution in [2.24, 2.45) is 5.92 Å². The fourth-order valence-corrected chi connectivity index (χ4v) is 2.90. The maximum Gasteiger partial charge on any atom is 0.118 e. The molecule has 0 saturated heterocycles. The molecule has 0 radical (unpaired) electrons. The number of aliphatic hydroxyl groups is 1. The summed E-state index contributed by atoms with van der Waals surface area (Å²) in [6.07, 6.45) is 0. The molecule has 2 nitrogen and oxygen atoms in total. The SMILES string of the molecule is Br.CC(C)N(C)CC(C)C(O)(c1ccccc1)c1ccccc1. The summed E-state index contributed by atoms with van der Waals surface area (Å²) >= 11 is 0. The molecule has 0 spiro atoms. The first-order chi connectivity index (χ1) is 10.5. The molecule has 0 aliphatic rings. The zero-order valence-electron chi connectivity index (χ0n) is 14.4. The van der Waals surface area contributed by atoms with Crippen molar-refractivity contribution in [1.82, 2.24) is 4.90 Å². The largest absolute Gasteiger partial charge is 0.380 e. The molecule has 1 unspecified atom stereocenters. The molecule has 3 heteroatoms. The van der Waals surface area contributed by atoms with Crippen LogP contribution in [0.4, 0.5) is 0 Å². The highest BCUT2D eigenvalue weighted by Gasteiger charge is 2.38. The second-order valence-electron chi connectivity index (χ2n) is 6.43. The van der Waals surface area contributed by atoms with E-state index >= 15 is 0 Å². The molecule has 0 aromatic heterocycles. The summed E-state index contributed by atoms with van der Waals surface area (Å²) in [5.74, 6) is 0.0738. The van der Waals surface area contributed by atoms with Crippen LogP contribution in [-0.4, -0.2) is 29.6 Å². The van der Waals surface area contributed by atoms with Gasteiger partial charge in [-0.05, 0) is 32.0 Å². The van der Waals surface area contributed by atoms with Gasteiger partial charge in [-0.25, -0.2) is 0 Å². The van der Waals surface area contributed by atoms with E-state index in [9.17, 15) is 5.11 Å². The maximum absolute atomic E-state index is 11.6. The topological polar surface area (TPSA) is 23.5 Å². The fourth-order valence-electron chi connectivity index (χ4n) is 2.90. The van der Waals surface area contributed by atoms with Gasteiger partial charge >= 0.3 is 0 Å². The molecule has 2 aromatic rings. The average molecular weight is 378 g/mol. The number of rotatable bonds is 6. The van der Waals surface area contributed by atoms with Crippen LogP contribution >= 0.6 is 17.0 Å². The van der Waals surface area contributed by atoms with Crippen LogP contribution < -0.4 is 0 Å². The summed E-state index contributed by atoms with van der Waals surface area (Å²) in [5.41, 5.74) is 0.919. The highest BCUT2D eigenvalue weighted by molar-refractivity contribution is 8.93. The Labute approximate surface area is 150 Å². The molecule has 0 fully saturated rings. The van der Waals surface area contributed by atoms with E-state index < -0.39 is 5.60 Å². The van der Waals surface area contributed by atoms with Crippen molar-refractivity contribution in [3.63, 3.8) is 0 Å². The van der Waals surface area contributed by atoms with Gasteiger partial charge in [0.05, 0.1) is 0 Å². The Bertz CT molecular complexity index is 531. The van der Waals surface area contributed by atoms with Gasteiger partial charge in [-0.15, -0.1) is 17.0 Å². The summed E-state index contributed by atoms with van der Waals surface area (Å²) in [6, 6.07) is 20.4. The number of hydrogen-bond acceptors (Lipinski definition) is 2. The van der Waals surface area contributed by atoms with Crippen LogP contribution in [0.2, 0.25) is 0 Å². The zero-order chi connectivity index (χ0) is 16.2. The first-order valence-corrected chi connectivity index (χ1v) is 8.00. The summed E-state index contributed by atoms with van der Waals surface area (Å²) in [7, 11) is 2.11. The quantitative estimate of drug-likeness (QED) is 0.801. The lowest BCUT2D eigenvalue weighted by Crippen LogP contribution is -2.42. The van der Waals surface area contributed by atoms with Gasteiger partial charge in [0, 0.05) is 18.5 Å². The lowest BCUT2D eigenvalue weighted by Gasteiger charge is -2.38. The molecular weight excluding hydrogens is 350 g/mol. The minimum absolute atomic E-state index is 0. The van der Waals surface area contributed by atoms with Crippen molar-refractivity contribution in [2.75, 3.05) is 13.6 Å². The molecule has 0 bridgehead atoms. The van der Waals surface area contributed by atoms with Gasteiger partial charge in [-0.3, -0.25) is 0 Å². The van der Waals surface area contributed by atoms with Gasteiger partial charge in [0.25, 0.3) is 0 Å². The Kier molecular flexibility index (Phi) is 7.46. The normalized spacial score (nSPS) is 13.0. The smallest absolute Gasteiger partial charge is 0.118 e. The summed E-state index contributed by atoms with van der Waals surface area (Å²) in [5, 5.41) is 11.6. The van der Waals surface area contributed by atoms with Crippen molar-refractivity contribution in [3.8, 4) is 0 Å². The van der Waals surface area contributed by atoms with Crippen LogP contribution in [0.15, 0.2) is 60.7 Å². The van der Waals surface area contributed by atoms with Gasteiger partial charge in [0.1, 0.15) is 5.60 Å². The van der Waals surface area contributed by atoms with Crippen LogP contribution in [-0.2, 0) is 5.60 Å². The van der Waals surface area contributed by atoms with Crippen molar-refractivity contribution in [1.29, 1.82) is 0 Å². The molecule has 0 aliphatic heterocycles. The van der Waals surface area contributed by atoms with Crippen molar-refractivity contribution >= 4 is 17.0 Å². The molecular formula is C20H28BrNO. The molecule has 0 amide bonds. The highest BCUT2D eigenvalue weighted by atomic mass is 79.9. The second-order valence-corrected chi connectivity index (χ2v) is 6.43. The van der Waals surface area contributed by atoms with Gasteiger partial charge < -0.3 is 10.0 Å². The Morgan fingerprint density at radius 1 is 0.870 bits per heavy atom. The highest BCUT2D eigenvalue weighted by Crippen LogP contribution is 2.37. The van der Waals surface area contributed by atoms with Gasteiger partial charge in [0.2, 0.25) is 0 Å². The average Bonchev–Trinajstić information content (AvgIpc) is 2.55. The van der Waals surface area contributed by atoms with Gasteiger partial charge in [-0.2, -0.15) is 0 Å².